The summed E-state index contributed by atoms with van der Waals surface area (Å²) in [7, 11) is 0. The van der Waals surface area contributed by atoms with Crippen molar-refractivity contribution < 1.29 is 0 Å². The van der Waals surface area contributed by atoms with Crippen molar-refractivity contribution in [1.82, 2.24) is 0 Å². The number of rotatable bonds is 5. The van der Waals surface area contributed by atoms with Gasteiger partial charge in [0.25, 0.3) is 0 Å². The molecule has 2 aromatic rings. The van der Waals surface area contributed by atoms with Crippen molar-refractivity contribution in [3.8, 4) is 0 Å². The Hall–Kier alpha value is -1.61. The molecule has 2 rings (SSSR count). The van der Waals surface area contributed by atoms with E-state index in [1.807, 2.05) is 6.07 Å². The van der Waals surface area contributed by atoms with Gasteiger partial charge >= 0.3 is 0 Å². The van der Waals surface area contributed by atoms with Gasteiger partial charge in [0.1, 0.15) is 5.84 Å². The van der Waals surface area contributed by atoms with Crippen LogP contribution in [0.3, 0.4) is 0 Å². The van der Waals surface area contributed by atoms with Crippen LogP contribution >= 0.6 is 11.3 Å². The van der Waals surface area contributed by atoms with E-state index in [1.165, 1.54) is 28.5 Å². The Morgan fingerprint density at radius 1 is 1.37 bits per heavy atom. The van der Waals surface area contributed by atoms with Gasteiger partial charge in [0.05, 0.1) is 4.88 Å². The molecule has 0 unspecified atom stereocenters. The molecule has 2 nitrogen and oxygen atoms in total. The lowest BCUT2D eigenvalue weighted by molar-refractivity contribution is 0.609. The third-order valence-electron chi connectivity index (χ3n) is 3.46. The third-order valence-corrected chi connectivity index (χ3v) is 4.59. The normalized spacial score (nSPS) is 11.7. The van der Waals surface area contributed by atoms with Gasteiger partial charge in [-0.25, -0.2) is 0 Å². The lowest BCUT2D eigenvalue weighted by Crippen LogP contribution is -2.08. The first-order valence-corrected chi connectivity index (χ1v) is 7.52. The summed E-state index contributed by atoms with van der Waals surface area (Å²) in [5.41, 5.74) is 6.78. The number of allylic oxidation sites excluding steroid dienone is 1. The Balaban J connectivity index is 2.40. The van der Waals surface area contributed by atoms with Crippen molar-refractivity contribution in [3.63, 3.8) is 0 Å². The molecule has 0 aliphatic carbocycles. The number of nitrogens with one attached hydrogen (secondary N) is 1. The zero-order chi connectivity index (χ0) is 13.8. The fourth-order valence-corrected chi connectivity index (χ4v) is 3.12. The van der Waals surface area contributed by atoms with Crippen LogP contribution in [-0.2, 0) is 0 Å². The van der Waals surface area contributed by atoms with Crippen LogP contribution in [0.4, 0.5) is 0 Å². The number of nitrogen functional groups attached to an aromatic ring is 1. The predicted molar refractivity (Wildman–Crippen MR) is 85.9 cm³/mol. The molecule has 100 valence electrons. The molecule has 0 amide bonds. The van der Waals surface area contributed by atoms with E-state index in [4.69, 9.17) is 11.1 Å². The molecule has 0 saturated heterocycles. The van der Waals surface area contributed by atoms with Gasteiger partial charge in [-0.05, 0) is 36.5 Å². The summed E-state index contributed by atoms with van der Waals surface area (Å²) in [6.07, 6.45) is 6.84. The monoisotopic (exact) mass is 272 g/mol. The van der Waals surface area contributed by atoms with E-state index in [2.05, 4.69) is 44.2 Å². The molecule has 1 aromatic carbocycles. The molecule has 0 aliphatic rings. The third kappa shape index (κ3) is 3.04. The lowest BCUT2D eigenvalue weighted by Gasteiger charge is -2.05. The smallest absolute Gasteiger partial charge is 0.133 e. The maximum atomic E-state index is 7.54. The maximum absolute atomic E-state index is 7.54. The van der Waals surface area contributed by atoms with E-state index in [0.717, 1.165) is 4.88 Å². The molecule has 0 radical (unpaired) electrons. The highest BCUT2D eigenvalue weighted by Crippen LogP contribution is 2.29. The fourth-order valence-electron chi connectivity index (χ4n) is 2.16. The van der Waals surface area contributed by atoms with Crippen LogP contribution in [-0.4, -0.2) is 5.84 Å². The molecule has 0 spiro atoms. The minimum Gasteiger partial charge on any atom is -0.383 e. The van der Waals surface area contributed by atoms with Crippen LogP contribution < -0.4 is 5.73 Å². The molecule has 1 heterocycles. The molecule has 1 aromatic heterocycles. The molecule has 0 fully saturated rings. The largest absolute Gasteiger partial charge is 0.383 e. The first-order chi connectivity index (χ1) is 9.15. The van der Waals surface area contributed by atoms with Crippen molar-refractivity contribution >= 4 is 33.3 Å². The van der Waals surface area contributed by atoms with Crippen molar-refractivity contribution in [3.05, 3.63) is 40.8 Å². The summed E-state index contributed by atoms with van der Waals surface area (Å²) >= 11 is 1.58. The number of thiophene rings is 1. The van der Waals surface area contributed by atoms with Crippen LogP contribution in [0.2, 0.25) is 0 Å². The highest BCUT2D eigenvalue weighted by atomic mass is 32.1. The van der Waals surface area contributed by atoms with E-state index < -0.39 is 0 Å². The Bertz CT molecular complexity index is 606. The maximum Gasteiger partial charge on any atom is 0.133 e. The average molecular weight is 272 g/mol. The summed E-state index contributed by atoms with van der Waals surface area (Å²) in [5, 5.41) is 8.73. The van der Waals surface area contributed by atoms with E-state index in [0.29, 0.717) is 5.92 Å². The van der Waals surface area contributed by atoms with E-state index in [9.17, 15) is 0 Å². The van der Waals surface area contributed by atoms with Crippen LogP contribution in [0.5, 0.6) is 0 Å². The van der Waals surface area contributed by atoms with E-state index >= 15 is 0 Å². The van der Waals surface area contributed by atoms with Gasteiger partial charge in [-0.1, -0.05) is 38.1 Å². The number of nitrogens with two attached hydrogens (primary N) is 1. The second-order valence-corrected chi connectivity index (χ2v) is 5.80. The molecule has 3 heteroatoms. The van der Waals surface area contributed by atoms with Crippen LogP contribution in [0.25, 0.3) is 16.2 Å². The Morgan fingerprint density at radius 2 is 2.11 bits per heavy atom. The summed E-state index contributed by atoms with van der Waals surface area (Å²) in [5.74, 6) is 0.789. The standard InChI is InChI=1S/C16H20N2S/c1-3-11(4-2)8-9-12-6-5-7-14-13(12)10-15(19-14)16(17)18/h5-11H,3-4H2,1-2H3,(H3,17,18)/b9-8+. The molecule has 3 N–H and O–H groups in total. The van der Waals surface area contributed by atoms with Gasteiger partial charge in [-0.15, -0.1) is 11.3 Å². The van der Waals surface area contributed by atoms with E-state index in [1.54, 1.807) is 11.3 Å². The first kappa shape index (κ1) is 13.8. The zero-order valence-electron chi connectivity index (χ0n) is 11.4. The van der Waals surface area contributed by atoms with Crippen molar-refractivity contribution in [1.29, 1.82) is 5.41 Å². The SMILES string of the molecule is CCC(/C=C/c1cccc2sc(C(=N)N)cc12)CC. The summed E-state index contributed by atoms with van der Waals surface area (Å²) in [6, 6.07) is 8.29. The second kappa shape index (κ2) is 6.02. The number of benzene rings is 1. The number of fused-ring (bicyclic) bond motifs is 1. The van der Waals surface area contributed by atoms with Gasteiger partial charge in [-0.2, -0.15) is 0 Å². The van der Waals surface area contributed by atoms with Crippen molar-refractivity contribution in [2.24, 2.45) is 11.7 Å². The van der Waals surface area contributed by atoms with Crippen LogP contribution in [0, 0.1) is 11.3 Å². The number of hydrogen-bond donors (Lipinski definition) is 2. The molecular formula is C16H20N2S. The Morgan fingerprint density at radius 3 is 2.74 bits per heavy atom. The van der Waals surface area contributed by atoms with Gasteiger partial charge in [0.15, 0.2) is 0 Å². The Labute approximate surface area is 118 Å². The summed E-state index contributed by atoms with van der Waals surface area (Å²) < 4.78 is 1.19. The zero-order valence-corrected chi connectivity index (χ0v) is 12.3. The fraction of sp³-hybridized carbons (Fsp3) is 0.312. The first-order valence-electron chi connectivity index (χ1n) is 6.70. The number of hydrogen-bond acceptors (Lipinski definition) is 2. The summed E-state index contributed by atoms with van der Waals surface area (Å²) in [4.78, 5) is 0.846. The van der Waals surface area contributed by atoms with Crippen molar-refractivity contribution in [2.45, 2.75) is 26.7 Å². The number of amidine groups is 1. The highest BCUT2D eigenvalue weighted by molar-refractivity contribution is 7.20. The molecule has 0 aliphatic heterocycles. The minimum absolute atomic E-state index is 0.149. The predicted octanol–water partition coefficient (Wildman–Crippen LogP) is 4.63. The molecule has 0 bridgehead atoms. The lowest BCUT2D eigenvalue weighted by atomic mass is 10.0. The molecule has 19 heavy (non-hydrogen) atoms. The van der Waals surface area contributed by atoms with Gasteiger partial charge in [0.2, 0.25) is 0 Å². The van der Waals surface area contributed by atoms with Crippen molar-refractivity contribution in [2.75, 3.05) is 0 Å². The molecule has 0 saturated carbocycles. The van der Waals surface area contributed by atoms with Gasteiger partial charge in [-0.3, -0.25) is 5.41 Å². The van der Waals surface area contributed by atoms with Crippen LogP contribution in [0.15, 0.2) is 30.3 Å². The van der Waals surface area contributed by atoms with Gasteiger partial charge < -0.3 is 5.73 Å². The molecule has 0 atom stereocenters. The minimum atomic E-state index is 0.149. The van der Waals surface area contributed by atoms with Crippen LogP contribution in [0.1, 0.15) is 37.1 Å². The van der Waals surface area contributed by atoms with Gasteiger partial charge in [0, 0.05) is 10.1 Å². The molecular weight excluding hydrogens is 252 g/mol. The Kier molecular flexibility index (Phi) is 4.38. The quantitative estimate of drug-likeness (QED) is 0.605. The average Bonchev–Trinajstić information content (AvgIpc) is 2.84. The second-order valence-electron chi connectivity index (χ2n) is 4.72. The topological polar surface area (TPSA) is 49.9 Å². The van der Waals surface area contributed by atoms with E-state index in [-0.39, 0.29) is 5.84 Å². The highest BCUT2D eigenvalue weighted by Gasteiger charge is 2.06. The summed E-state index contributed by atoms with van der Waals surface area (Å²) in [6.45, 7) is 4.44.